The van der Waals surface area contributed by atoms with Crippen LogP contribution in [-0.4, -0.2) is 59.7 Å². The van der Waals surface area contributed by atoms with E-state index in [0.717, 1.165) is 24.3 Å². The summed E-state index contributed by atoms with van der Waals surface area (Å²) in [5.74, 6) is 0.0335. The summed E-state index contributed by atoms with van der Waals surface area (Å²) >= 11 is 6.06. The van der Waals surface area contributed by atoms with Crippen molar-refractivity contribution in [2.75, 3.05) is 26.2 Å². The number of fused-ring (bicyclic) bond motifs is 1. The molecule has 13 heteroatoms. The number of ether oxygens (including phenoxy) is 1. The van der Waals surface area contributed by atoms with Crippen LogP contribution in [0.5, 0.6) is 5.75 Å². The summed E-state index contributed by atoms with van der Waals surface area (Å²) in [5, 5.41) is 0.920. The van der Waals surface area contributed by atoms with Gasteiger partial charge in [-0.1, -0.05) is 11.6 Å². The lowest BCUT2D eigenvalue weighted by molar-refractivity contribution is -0.274. The second-order valence-corrected chi connectivity index (χ2v) is 10.5. The summed E-state index contributed by atoms with van der Waals surface area (Å²) in [6.07, 6.45) is -4.86. The van der Waals surface area contributed by atoms with Crippen LogP contribution in [0.1, 0.15) is 18.8 Å². The van der Waals surface area contributed by atoms with Gasteiger partial charge in [-0.05, 0) is 49.4 Å². The highest BCUT2D eigenvalue weighted by molar-refractivity contribution is 7.89. The number of hydrogen-bond acceptors (Lipinski definition) is 6. The lowest BCUT2D eigenvalue weighted by atomic mass is 10.2. The van der Waals surface area contributed by atoms with Crippen LogP contribution in [-0.2, 0) is 17.1 Å². The normalized spacial score (nSPS) is 17.0. The molecule has 0 spiro atoms. The summed E-state index contributed by atoms with van der Waals surface area (Å²) in [4.78, 5) is 19.3. The van der Waals surface area contributed by atoms with Crippen LogP contribution in [0, 0.1) is 0 Å². The van der Waals surface area contributed by atoms with Gasteiger partial charge in [-0.15, -0.1) is 13.2 Å². The quantitative estimate of drug-likeness (QED) is 0.501. The first-order chi connectivity index (χ1) is 16.4. The van der Waals surface area contributed by atoms with Crippen molar-refractivity contribution in [3.05, 3.63) is 63.7 Å². The van der Waals surface area contributed by atoms with Gasteiger partial charge in [0.15, 0.2) is 0 Å². The van der Waals surface area contributed by atoms with Crippen molar-refractivity contribution in [1.82, 2.24) is 18.8 Å². The first-order valence-electron chi connectivity index (χ1n) is 10.6. The third kappa shape index (κ3) is 5.30. The monoisotopic (exact) mass is 530 g/mol. The maximum absolute atomic E-state index is 13.0. The van der Waals surface area contributed by atoms with E-state index in [1.54, 1.807) is 25.2 Å². The molecule has 0 bridgehead atoms. The molecule has 0 radical (unpaired) electrons. The Morgan fingerprint density at radius 1 is 1.06 bits per heavy atom. The van der Waals surface area contributed by atoms with E-state index in [2.05, 4.69) is 9.72 Å². The molecule has 1 aromatic heterocycles. The molecule has 1 aliphatic heterocycles. The summed E-state index contributed by atoms with van der Waals surface area (Å²) in [7, 11) is -2.26. The Morgan fingerprint density at radius 2 is 1.69 bits per heavy atom. The minimum atomic E-state index is -4.86. The van der Waals surface area contributed by atoms with E-state index in [0.29, 0.717) is 34.8 Å². The maximum atomic E-state index is 13.0. The van der Waals surface area contributed by atoms with Gasteiger partial charge >= 0.3 is 6.36 Å². The van der Waals surface area contributed by atoms with Gasteiger partial charge in [0.25, 0.3) is 5.56 Å². The Kier molecular flexibility index (Phi) is 6.84. The first-order valence-corrected chi connectivity index (χ1v) is 12.4. The van der Waals surface area contributed by atoms with Crippen LogP contribution >= 0.6 is 11.6 Å². The maximum Gasteiger partial charge on any atom is 0.573 e. The Balaban J connectivity index is 1.48. The molecule has 1 aliphatic rings. The standard InChI is InChI=1S/C22H22ClF3N4O4S/c1-14(20-27-19-13-15(23)3-8-18(19)21(31)28(20)2)29-9-11-30(12-10-29)35(32,33)17-6-4-16(5-7-17)34-22(24,25)26/h3-8,13-14H,9-12H2,1-2H3. The van der Waals surface area contributed by atoms with Gasteiger partial charge in [-0.3, -0.25) is 14.3 Å². The highest BCUT2D eigenvalue weighted by Crippen LogP contribution is 2.27. The Hall–Kier alpha value is -2.67. The van der Waals surface area contributed by atoms with Gasteiger partial charge in [-0.2, -0.15) is 4.31 Å². The Labute approximate surface area is 204 Å². The number of aromatic nitrogens is 2. The topological polar surface area (TPSA) is 84.7 Å². The van der Waals surface area contributed by atoms with E-state index in [1.165, 1.54) is 8.87 Å². The van der Waals surface area contributed by atoms with Crippen LogP contribution < -0.4 is 10.3 Å². The number of nitrogens with zero attached hydrogens (tertiary/aromatic N) is 4. The number of benzene rings is 2. The van der Waals surface area contributed by atoms with E-state index in [9.17, 15) is 26.4 Å². The number of hydrogen-bond donors (Lipinski definition) is 0. The fourth-order valence-corrected chi connectivity index (χ4v) is 5.68. The zero-order chi connectivity index (χ0) is 25.5. The lowest BCUT2D eigenvalue weighted by Crippen LogP contribution is -2.49. The van der Waals surface area contributed by atoms with Crippen molar-refractivity contribution in [2.24, 2.45) is 7.05 Å². The molecule has 3 aromatic rings. The summed E-state index contributed by atoms with van der Waals surface area (Å²) in [5.41, 5.74) is 0.286. The molecule has 1 saturated heterocycles. The second-order valence-electron chi connectivity index (χ2n) is 8.13. The minimum Gasteiger partial charge on any atom is -0.406 e. The summed E-state index contributed by atoms with van der Waals surface area (Å²) in [6, 6.07) is 8.73. The molecule has 4 rings (SSSR count). The number of rotatable bonds is 5. The van der Waals surface area contributed by atoms with Crippen molar-refractivity contribution < 1.29 is 26.3 Å². The summed E-state index contributed by atoms with van der Waals surface area (Å²) in [6.45, 7) is 2.97. The van der Waals surface area contributed by atoms with E-state index >= 15 is 0 Å². The molecule has 2 heterocycles. The van der Waals surface area contributed by atoms with E-state index in [-0.39, 0.29) is 29.6 Å². The SMILES string of the molecule is CC(c1nc2cc(Cl)ccc2c(=O)n1C)N1CCN(S(=O)(=O)c2ccc(OC(F)(F)F)cc2)CC1. The van der Waals surface area contributed by atoms with Gasteiger partial charge in [0.1, 0.15) is 11.6 Å². The highest BCUT2D eigenvalue weighted by atomic mass is 35.5. The molecule has 2 aromatic carbocycles. The van der Waals surface area contributed by atoms with Gasteiger partial charge < -0.3 is 4.74 Å². The average Bonchev–Trinajstić information content (AvgIpc) is 2.80. The van der Waals surface area contributed by atoms with Crippen LogP contribution in [0.2, 0.25) is 5.02 Å². The molecule has 1 fully saturated rings. The van der Waals surface area contributed by atoms with Crippen molar-refractivity contribution in [2.45, 2.75) is 24.2 Å². The molecule has 0 saturated carbocycles. The molecule has 0 amide bonds. The third-order valence-electron chi connectivity index (χ3n) is 5.96. The average molecular weight is 531 g/mol. The number of alkyl halides is 3. The van der Waals surface area contributed by atoms with Crippen molar-refractivity contribution >= 4 is 32.5 Å². The fraction of sp³-hybridized carbons (Fsp3) is 0.364. The predicted molar refractivity (Wildman–Crippen MR) is 124 cm³/mol. The fourth-order valence-electron chi connectivity index (χ4n) is 4.09. The second kappa shape index (κ2) is 9.41. The number of sulfonamides is 1. The van der Waals surface area contributed by atoms with Gasteiger partial charge in [0.05, 0.1) is 21.8 Å². The molecule has 1 atom stereocenters. The molecule has 0 N–H and O–H groups in total. The van der Waals surface area contributed by atoms with Gasteiger partial charge in [0, 0.05) is 38.2 Å². The van der Waals surface area contributed by atoms with Crippen molar-refractivity contribution in [3.63, 3.8) is 0 Å². The number of piperazine rings is 1. The predicted octanol–water partition coefficient (Wildman–Crippen LogP) is 3.55. The highest BCUT2D eigenvalue weighted by Gasteiger charge is 2.33. The Bertz CT molecular complexity index is 1400. The van der Waals surface area contributed by atoms with Crippen LogP contribution in [0.15, 0.2) is 52.2 Å². The molecule has 188 valence electrons. The largest absolute Gasteiger partial charge is 0.573 e. The molecular formula is C22H22ClF3N4O4S. The molecule has 35 heavy (non-hydrogen) atoms. The molecule has 0 aliphatic carbocycles. The smallest absolute Gasteiger partial charge is 0.406 e. The van der Waals surface area contributed by atoms with Gasteiger partial charge in [0.2, 0.25) is 10.0 Å². The van der Waals surface area contributed by atoms with Gasteiger partial charge in [-0.25, -0.2) is 13.4 Å². The van der Waals surface area contributed by atoms with Crippen LogP contribution in [0.25, 0.3) is 10.9 Å². The molecule has 8 nitrogen and oxygen atoms in total. The number of halogens is 4. The van der Waals surface area contributed by atoms with Crippen LogP contribution in [0.4, 0.5) is 13.2 Å². The van der Waals surface area contributed by atoms with E-state index < -0.39 is 22.1 Å². The lowest BCUT2D eigenvalue weighted by Gasteiger charge is -2.37. The summed E-state index contributed by atoms with van der Waals surface area (Å²) < 4.78 is 69.6. The molecular weight excluding hydrogens is 509 g/mol. The Morgan fingerprint density at radius 3 is 2.29 bits per heavy atom. The van der Waals surface area contributed by atoms with E-state index in [1.807, 2.05) is 11.8 Å². The van der Waals surface area contributed by atoms with E-state index in [4.69, 9.17) is 11.6 Å². The van der Waals surface area contributed by atoms with Crippen molar-refractivity contribution in [3.8, 4) is 5.75 Å². The van der Waals surface area contributed by atoms with Crippen LogP contribution in [0.3, 0.4) is 0 Å². The first kappa shape index (κ1) is 25.4. The zero-order valence-electron chi connectivity index (χ0n) is 18.8. The minimum absolute atomic E-state index is 0.121. The molecule has 1 unspecified atom stereocenters. The third-order valence-corrected chi connectivity index (χ3v) is 8.11. The van der Waals surface area contributed by atoms with Crippen molar-refractivity contribution in [1.29, 1.82) is 0 Å². The zero-order valence-corrected chi connectivity index (χ0v) is 20.4.